The average Bonchev–Trinajstić information content (AvgIpc) is 2.40. The van der Waals surface area contributed by atoms with Gasteiger partial charge in [-0.2, -0.15) is 13.2 Å². The van der Waals surface area contributed by atoms with E-state index < -0.39 is 39.5 Å². The summed E-state index contributed by atoms with van der Waals surface area (Å²) < 4.78 is 38.8. The number of alkyl halides is 3. The molecule has 0 fully saturated rings. The van der Waals surface area contributed by atoms with Crippen LogP contribution >= 0.6 is 0 Å². The zero-order valence-corrected chi connectivity index (χ0v) is 11.1. The van der Waals surface area contributed by atoms with Crippen LogP contribution in [0.4, 0.5) is 13.2 Å². The van der Waals surface area contributed by atoms with Crippen LogP contribution in [0, 0.1) is 16.0 Å². The van der Waals surface area contributed by atoms with Crippen LogP contribution in [0.1, 0.15) is 30.0 Å². The molecule has 2 aromatic rings. The first-order valence-corrected chi connectivity index (χ1v) is 6.05. The fraction of sp³-hybridized carbons (Fsp3) is 0.308. The highest BCUT2D eigenvalue weighted by atomic mass is 19.4. The maximum absolute atomic E-state index is 13.1. The molecule has 0 amide bonds. The van der Waals surface area contributed by atoms with Crippen molar-refractivity contribution in [1.29, 1.82) is 0 Å². The lowest BCUT2D eigenvalue weighted by Crippen LogP contribution is -2.36. The lowest BCUT2D eigenvalue weighted by atomic mass is 10.0. The summed E-state index contributed by atoms with van der Waals surface area (Å²) in [6.07, 6.45) is -5.11. The third-order valence-corrected chi connectivity index (χ3v) is 2.98. The van der Waals surface area contributed by atoms with Crippen molar-refractivity contribution < 1.29 is 22.4 Å². The van der Waals surface area contributed by atoms with Crippen LogP contribution in [0.2, 0.25) is 0 Å². The number of hydrogen-bond acceptors (Lipinski definition) is 3. The van der Waals surface area contributed by atoms with Gasteiger partial charge >= 0.3 is 11.9 Å². The summed E-state index contributed by atoms with van der Waals surface area (Å²) in [7, 11) is 0. The zero-order chi connectivity index (χ0) is 15.9. The monoisotopic (exact) mass is 300 g/mol. The van der Waals surface area contributed by atoms with Crippen LogP contribution in [0.15, 0.2) is 24.3 Å². The summed E-state index contributed by atoms with van der Waals surface area (Å²) in [4.78, 5) is 24.1. The van der Waals surface area contributed by atoms with Gasteiger partial charge in [0.15, 0.2) is 0 Å². The summed E-state index contributed by atoms with van der Waals surface area (Å²) >= 11 is 0. The highest BCUT2D eigenvalue weighted by Gasteiger charge is 2.45. The molecule has 0 N–H and O–H groups in total. The minimum absolute atomic E-state index is 0.116. The molecule has 21 heavy (non-hydrogen) atoms. The molecule has 0 saturated carbocycles. The quantitative estimate of drug-likeness (QED) is 0.632. The van der Waals surface area contributed by atoms with Gasteiger partial charge in [0.1, 0.15) is 5.52 Å². The molecular formula is C13H11F3N2O3. The van der Waals surface area contributed by atoms with E-state index in [2.05, 4.69) is 0 Å². The van der Waals surface area contributed by atoms with Crippen molar-refractivity contribution in [3.63, 3.8) is 0 Å². The number of ketones is 1. The largest absolute Gasteiger partial charge is 0.805 e. The molecular weight excluding hydrogens is 289 g/mol. The fourth-order valence-corrected chi connectivity index (χ4v) is 1.98. The van der Waals surface area contributed by atoms with Gasteiger partial charge < -0.3 is 9.94 Å². The summed E-state index contributed by atoms with van der Waals surface area (Å²) in [5, 5.41) is 12.0. The third-order valence-electron chi connectivity index (χ3n) is 2.98. The number of nitrogens with zero attached hydrogens (tertiary/aromatic N) is 2. The Kier molecular flexibility index (Phi) is 3.48. The van der Waals surface area contributed by atoms with E-state index in [1.54, 1.807) is 0 Å². The first-order valence-electron chi connectivity index (χ1n) is 6.05. The average molecular weight is 300 g/mol. The second-order valence-electron chi connectivity index (χ2n) is 4.79. The van der Waals surface area contributed by atoms with Crippen LogP contribution in [-0.2, 0) is 6.18 Å². The molecule has 1 heterocycles. The van der Waals surface area contributed by atoms with Gasteiger partial charge in [0.2, 0.25) is 11.5 Å². The summed E-state index contributed by atoms with van der Waals surface area (Å²) in [6.45, 7) is 2.71. The van der Waals surface area contributed by atoms with Crippen LogP contribution in [-0.4, -0.2) is 10.5 Å². The van der Waals surface area contributed by atoms with E-state index in [1.165, 1.54) is 32.0 Å². The van der Waals surface area contributed by atoms with E-state index >= 15 is 0 Å². The Labute approximate surface area is 116 Å². The van der Waals surface area contributed by atoms with Gasteiger partial charge in [0.25, 0.3) is 5.52 Å². The van der Waals surface area contributed by atoms with Gasteiger partial charge in [0.05, 0.1) is 4.43 Å². The molecule has 112 valence electrons. The summed E-state index contributed by atoms with van der Waals surface area (Å²) in [6, 6.07) is 5.01. The van der Waals surface area contributed by atoms with Gasteiger partial charge in [-0.3, -0.25) is 4.79 Å². The molecule has 0 bridgehead atoms. The molecule has 0 spiro atoms. The predicted octanol–water partition coefficient (Wildman–Crippen LogP) is 2.76. The minimum Gasteiger partial charge on any atom is -0.805 e. The number of aromatic nitrogens is 2. The lowest BCUT2D eigenvalue weighted by Gasteiger charge is -2.20. The highest BCUT2D eigenvalue weighted by molar-refractivity contribution is 5.96. The van der Waals surface area contributed by atoms with Crippen LogP contribution in [0.3, 0.4) is 0 Å². The number of benzene rings is 1. The van der Waals surface area contributed by atoms with Crippen molar-refractivity contribution >= 4 is 16.8 Å². The lowest BCUT2D eigenvalue weighted by molar-refractivity contribution is -0.470. The number of para-hydroxylation sites is 2. The van der Waals surface area contributed by atoms with E-state index in [1.807, 2.05) is 0 Å². The van der Waals surface area contributed by atoms with Gasteiger partial charge in [0, 0.05) is 16.9 Å². The first kappa shape index (κ1) is 15.0. The Morgan fingerprint density at radius 1 is 1.29 bits per heavy atom. The minimum atomic E-state index is -5.11. The molecule has 0 aliphatic carbocycles. The van der Waals surface area contributed by atoms with E-state index in [0.29, 0.717) is 0 Å². The molecule has 0 radical (unpaired) electrons. The molecule has 0 unspecified atom stereocenters. The zero-order valence-electron chi connectivity index (χ0n) is 11.1. The first-order chi connectivity index (χ1) is 9.66. The number of fused-ring (bicyclic) bond motifs is 1. The molecule has 0 atom stereocenters. The molecule has 0 aliphatic rings. The maximum atomic E-state index is 13.1. The number of carbonyl (C=O) groups excluding carboxylic acids is 1. The topological polar surface area (TPSA) is 68.0 Å². The van der Waals surface area contributed by atoms with Crippen LogP contribution in [0.5, 0.6) is 0 Å². The smallest absolute Gasteiger partial charge is 0.438 e. The Bertz CT molecular complexity index is 779. The summed E-state index contributed by atoms with van der Waals surface area (Å²) in [5.41, 5.74) is -3.69. The number of hydrogen-bond donors (Lipinski definition) is 0. The Hall–Kier alpha value is -2.38. The second-order valence-corrected chi connectivity index (χ2v) is 4.79. The third kappa shape index (κ3) is 2.37. The molecule has 8 heteroatoms. The fourth-order valence-electron chi connectivity index (χ4n) is 1.98. The van der Waals surface area contributed by atoms with Crippen molar-refractivity contribution in [2.75, 3.05) is 0 Å². The van der Waals surface area contributed by atoms with Gasteiger partial charge in [-0.15, -0.1) is 0 Å². The van der Waals surface area contributed by atoms with Crippen molar-refractivity contribution in [3.8, 4) is 0 Å². The summed E-state index contributed by atoms with van der Waals surface area (Å²) in [5.74, 6) is -1.89. The van der Waals surface area contributed by atoms with E-state index in [0.717, 1.165) is 6.07 Å². The van der Waals surface area contributed by atoms with Crippen molar-refractivity contribution in [2.45, 2.75) is 20.0 Å². The standard InChI is InChI=1S/C13H11F3N2O3/c1-7(2)11(19)10-12(13(14,15)16)18(21)9-6-4-3-5-8(9)17(10)20/h3-7H,1-2H3. The van der Waals surface area contributed by atoms with Crippen molar-refractivity contribution in [1.82, 2.24) is 4.73 Å². The van der Waals surface area contributed by atoms with Crippen molar-refractivity contribution in [2.24, 2.45) is 5.92 Å². The molecule has 1 aromatic carbocycles. The number of carbonyl (C=O) groups is 1. The highest BCUT2D eigenvalue weighted by Crippen LogP contribution is 2.33. The van der Waals surface area contributed by atoms with Crippen LogP contribution < -0.4 is 4.43 Å². The van der Waals surface area contributed by atoms with E-state index in [9.17, 15) is 28.1 Å². The van der Waals surface area contributed by atoms with Gasteiger partial charge in [-0.25, -0.2) is 0 Å². The number of rotatable bonds is 2. The molecule has 0 aliphatic heterocycles. The molecule has 5 nitrogen and oxygen atoms in total. The SMILES string of the molecule is CC(C)C(=O)c1c(C(F)(F)F)n([O-])c2ccccc2[n+]1=O. The number of halogens is 3. The Balaban J connectivity index is 3.04. The Morgan fingerprint density at radius 2 is 1.86 bits per heavy atom. The van der Waals surface area contributed by atoms with Crippen LogP contribution in [0.25, 0.3) is 11.0 Å². The van der Waals surface area contributed by atoms with E-state index in [4.69, 9.17) is 0 Å². The van der Waals surface area contributed by atoms with E-state index in [-0.39, 0.29) is 9.94 Å². The number of Topliss-reactive ketones (excluding diaryl/α,β-unsaturated/α-hetero) is 1. The van der Waals surface area contributed by atoms with Crippen molar-refractivity contribution in [3.05, 3.63) is 45.8 Å². The molecule has 2 rings (SSSR count). The molecule has 0 saturated heterocycles. The van der Waals surface area contributed by atoms with Gasteiger partial charge in [-0.1, -0.05) is 26.0 Å². The predicted molar refractivity (Wildman–Crippen MR) is 68.2 cm³/mol. The van der Waals surface area contributed by atoms with Gasteiger partial charge in [-0.05, 0) is 6.07 Å². The normalized spacial score (nSPS) is 12.1. The Morgan fingerprint density at radius 3 is 2.38 bits per heavy atom. The second kappa shape index (κ2) is 4.87. The maximum Gasteiger partial charge on any atom is 0.438 e. The molecule has 1 aromatic heterocycles.